The zero-order chi connectivity index (χ0) is 11.5. The van der Waals surface area contributed by atoms with Crippen molar-refractivity contribution >= 4 is 15.9 Å². The van der Waals surface area contributed by atoms with E-state index >= 15 is 0 Å². The molecule has 0 aliphatic rings. The van der Waals surface area contributed by atoms with Gasteiger partial charge in [0, 0.05) is 16.6 Å². The Morgan fingerprint density at radius 1 is 1.12 bits per heavy atom. The van der Waals surface area contributed by atoms with E-state index in [9.17, 15) is 4.39 Å². The van der Waals surface area contributed by atoms with Crippen LogP contribution in [0.4, 0.5) is 4.39 Å². The summed E-state index contributed by atoms with van der Waals surface area (Å²) < 4.78 is 14.5. The highest BCUT2D eigenvalue weighted by molar-refractivity contribution is 9.10. The van der Waals surface area contributed by atoms with Crippen LogP contribution in [0.2, 0.25) is 0 Å². The van der Waals surface area contributed by atoms with Gasteiger partial charge in [0.2, 0.25) is 0 Å². The number of hydrogen-bond donors (Lipinski definition) is 1. The van der Waals surface area contributed by atoms with E-state index in [1.54, 1.807) is 12.1 Å². The first-order valence-corrected chi connectivity index (χ1v) is 5.74. The van der Waals surface area contributed by atoms with Crippen molar-refractivity contribution in [3.8, 4) is 11.1 Å². The van der Waals surface area contributed by atoms with Gasteiger partial charge in [-0.05, 0) is 35.4 Å². The first-order valence-electron chi connectivity index (χ1n) is 4.95. The normalized spacial score (nSPS) is 10.4. The fourth-order valence-corrected chi connectivity index (χ4v) is 1.95. The molecule has 2 aromatic rings. The van der Waals surface area contributed by atoms with Crippen LogP contribution in [0.1, 0.15) is 5.56 Å². The van der Waals surface area contributed by atoms with Crippen LogP contribution in [0.3, 0.4) is 0 Å². The fourth-order valence-electron chi connectivity index (χ4n) is 1.58. The third-order valence-electron chi connectivity index (χ3n) is 2.40. The smallest absolute Gasteiger partial charge is 0.131 e. The van der Waals surface area contributed by atoms with E-state index in [-0.39, 0.29) is 5.82 Å². The Morgan fingerprint density at radius 2 is 1.94 bits per heavy atom. The molecule has 2 aromatic carbocycles. The first kappa shape index (κ1) is 11.3. The van der Waals surface area contributed by atoms with Crippen LogP contribution in [0, 0.1) is 5.82 Å². The first-order chi connectivity index (χ1) is 7.70. The molecule has 0 atom stereocenters. The summed E-state index contributed by atoms with van der Waals surface area (Å²) in [5, 5.41) is 0. The maximum atomic E-state index is 13.6. The minimum absolute atomic E-state index is 0.225. The van der Waals surface area contributed by atoms with E-state index in [1.165, 1.54) is 6.07 Å². The lowest BCUT2D eigenvalue weighted by atomic mass is 10.0. The Morgan fingerprint density at radius 3 is 2.69 bits per heavy atom. The van der Waals surface area contributed by atoms with E-state index in [0.717, 1.165) is 15.6 Å². The van der Waals surface area contributed by atoms with Crippen molar-refractivity contribution in [3.63, 3.8) is 0 Å². The lowest BCUT2D eigenvalue weighted by molar-refractivity contribution is 0.631. The molecular formula is C13H11BrFN. The van der Waals surface area contributed by atoms with Gasteiger partial charge in [0.25, 0.3) is 0 Å². The summed E-state index contributed by atoms with van der Waals surface area (Å²) >= 11 is 3.34. The average Bonchev–Trinajstić information content (AvgIpc) is 2.32. The minimum atomic E-state index is -0.225. The van der Waals surface area contributed by atoms with E-state index < -0.39 is 0 Å². The van der Waals surface area contributed by atoms with Gasteiger partial charge >= 0.3 is 0 Å². The van der Waals surface area contributed by atoms with Crippen molar-refractivity contribution in [1.82, 2.24) is 0 Å². The van der Waals surface area contributed by atoms with Crippen molar-refractivity contribution in [2.24, 2.45) is 5.73 Å². The molecule has 3 heteroatoms. The molecule has 16 heavy (non-hydrogen) atoms. The molecule has 0 fully saturated rings. The predicted octanol–water partition coefficient (Wildman–Crippen LogP) is 3.71. The Balaban J connectivity index is 2.53. The fraction of sp³-hybridized carbons (Fsp3) is 0.0769. The average molecular weight is 280 g/mol. The summed E-state index contributed by atoms with van der Waals surface area (Å²) in [5.41, 5.74) is 8.00. The molecule has 0 aliphatic carbocycles. The van der Waals surface area contributed by atoms with Gasteiger partial charge in [-0.1, -0.05) is 34.1 Å². The number of hydrogen-bond acceptors (Lipinski definition) is 1. The highest BCUT2D eigenvalue weighted by Gasteiger charge is 2.05. The Bertz CT molecular complexity index is 511. The highest BCUT2D eigenvalue weighted by Crippen LogP contribution is 2.26. The molecule has 0 bridgehead atoms. The molecule has 2 N–H and O–H groups in total. The summed E-state index contributed by atoms with van der Waals surface area (Å²) in [6, 6.07) is 12.5. The van der Waals surface area contributed by atoms with Crippen LogP contribution in [-0.4, -0.2) is 0 Å². The van der Waals surface area contributed by atoms with Crippen LogP contribution in [0.5, 0.6) is 0 Å². The van der Waals surface area contributed by atoms with Gasteiger partial charge in [0.05, 0.1) is 0 Å². The molecule has 2 rings (SSSR count). The Hall–Kier alpha value is -1.19. The Labute approximate surface area is 102 Å². The van der Waals surface area contributed by atoms with E-state index in [0.29, 0.717) is 12.1 Å². The minimum Gasteiger partial charge on any atom is -0.326 e. The molecule has 0 amide bonds. The quantitative estimate of drug-likeness (QED) is 0.891. The monoisotopic (exact) mass is 279 g/mol. The molecule has 0 heterocycles. The van der Waals surface area contributed by atoms with Gasteiger partial charge in [-0.2, -0.15) is 0 Å². The van der Waals surface area contributed by atoms with Crippen LogP contribution in [0.15, 0.2) is 46.9 Å². The van der Waals surface area contributed by atoms with Crippen LogP contribution in [-0.2, 0) is 6.54 Å². The Kier molecular flexibility index (Phi) is 3.36. The zero-order valence-corrected chi connectivity index (χ0v) is 10.2. The van der Waals surface area contributed by atoms with Gasteiger partial charge in [-0.25, -0.2) is 4.39 Å². The second-order valence-corrected chi connectivity index (χ2v) is 4.44. The topological polar surface area (TPSA) is 26.0 Å². The molecule has 1 nitrogen and oxygen atoms in total. The molecule has 0 saturated heterocycles. The SMILES string of the molecule is NCc1cccc(-c2cc(Br)ccc2F)c1. The number of benzene rings is 2. The number of halogens is 2. The summed E-state index contributed by atoms with van der Waals surface area (Å²) in [6.45, 7) is 0.462. The van der Waals surface area contributed by atoms with Crippen LogP contribution < -0.4 is 5.73 Å². The molecule has 0 aromatic heterocycles. The summed E-state index contributed by atoms with van der Waals surface area (Å²) in [7, 11) is 0. The van der Waals surface area contributed by atoms with Crippen molar-refractivity contribution in [2.75, 3.05) is 0 Å². The molecule has 82 valence electrons. The van der Waals surface area contributed by atoms with Crippen molar-refractivity contribution in [1.29, 1.82) is 0 Å². The van der Waals surface area contributed by atoms with E-state index in [4.69, 9.17) is 5.73 Å². The van der Waals surface area contributed by atoms with Gasteiger partial charge in [0.1, 0.15) is 5.82 Å². The van der Waals surface area contributed by atoms with Crippen LogP contribution >= 0.6 is 15.9 Å². The molecule has 0 spiro atoms. The van der Waals surface area contributed by atoms with Crippen LogP contribution in [0.25, 0.3) is 11.1 Å². The van der Waals surface area contributed by atoms with E-state index in [1.807, 2.05) is 24.3 Å². The largest absolute Gasteiger partial charge is 0.326 e. The van der Waals surface area contributed by atoms with Gasteiger partial charge in [-0.3, -0.25) is 0 Å². The molecule has 0 radical (unpaired) electrons. The summed E-state index contributed by atoms with van der Waals surface area (Å²) in [5.74, 6) is -0.225. The second kappa shape index (κ2) is 4.76. The lowest BCUT2D eigenvalue weighted by Crippen LogP contribution is -1.96. The van der Waals surface area contributed by atoms with Crippen molar-refractivity contribution < 1.29 is 4.39 Å². The van der Waals surface area contributed by atoms with E-state index in [2.05, 4.69) is 15.9 Å². The second-order valence-electron chi connectivity index (χ2n) is 3.53. The maximum absolute atomic E-state index is 13.6. The molecule has 0 saturated carbocycles. The molecule has 0 aliphatic heterocycles. The summed E-state index contributed by atoms with van der Waals surface area (Å²) in [4.78, 5) is 0. The number of nitrogens with two attached hydrogens (primary N) is 1. The van der Waals surface area contributed by atoms with Crippen molar-refractivity contribution in [2.45, 2.75) is 6.54 Å². The predicted molar refractivity (Wildman–Crippen MR) is 67.4 cm³/mol. The van der Waals surface area contributed by atoms with Crippen molar-refractivity contribution in [3.05, 3.63) is 58.3 Å². The molecular weight excluding hydrogens is 269 g/mol. The highest BCUT2D eigenvalue weighted by atomic mass is 79.9. The maximum Gasteiger partial charge on any atom is 0.131 e. The van der Waals surface area contributed by atoms with Gasteiger partial charge in [-0.15, -0.1) is 0 Å². The third-order valence-corrected chi connectivity index (χ3v) is 2.90. The van der Waals surface area contributed by atoms with Gasteiger partial charge < -0.3 is 5.73 Å². The standard InChI is InChI=1S/C13H11BrFN/c14-11-4-5-13(15)12(7-11)10-3-1-2-9(6-10)8-16/h1-7H,8,16H2. The molecule has 0 unspecified atom stereocenters. The lowest BCUT2D eigenvalue weighted by Gasteiger charge is -2.06. The van der Waals surface area contributed by atoms with Gasteiger partial charge in [0.15, 0.2) is 0 Å². The summed E-state index contributed by atoms with van der Waals surface area (Å²) in [6.07, 6.45) is 0. The number of rotatable bonds is 2. The third kappa shape index (κ3) is 2.31. The zero-order valence-electron chi connectivity index (χ0n) is 8.58.